The molecule has 1 saturated heterocycles. The van der Waals surface area contributed by atoms with Gasteiger partial charge in [0.15, 0.2) is 0 Å². The van der Waals surface area contributed by atoms with Gasteiger partial charge in [-0.3, -0.25) is 5.32 Å². The number of methoxy groups -OCH3 is 1. The molecule has 3 N–H and O–H groups in total. The fourth-order valence-electron chi connectivity index (χ4n) is 4.92. The van der Waals surface area contributed by atoms with Crippen molar-refractivity contribution in [2.24, 2.45) is 0 Å². The number of halogens is 4. The number of nitrogens with one attached hydrogen (secondary N) is 3. The van der Waals surface area contributed by atoms with Crippen molar-refractivity contribution >= 4 is 34.7 Å². The van der Waals surface area contributed by atoms with E-state index in [1.165, 1.54) is 19.2 Å². The van der Waals surface area contributed by atoms with Crippen molar-refractivity contribution in [3.05, 3.63) is 65.9 Å². The van der Waals surface area contributed by atoms with E-state index in [4.69, 9.17) is 9.47 Å². The van der Waals surface area contributed by atoms with E-state index in [0.29, 0.717) is 35.3 Å². The predicted molar refractivity (Wildman–Crippen MR) is 159 cm³/mol. The number of nitrogens with zero attached hydrogens (tertiary/aromatic N) is 2. The Balaban J connectivity index is 1.53. The van der Waals surface area contributed by atoms with E-state index in [1.54, 1.807) is 39.0 Å². The molecule has 1 aromatic heterocycles. The monoisotopic (exact) mass is 603 g/mol. The Morgan fingerprint density at radius 2 is 1.72 bits per heavy atom. The van der Waals surface area contributed by atoms with E-state index in [9.17, 15) is 22.4 Å². The van der Waals surface area contributed by atoms with Crippen LogP contribution >= 0.6 is 0 Å². The van der Waals surface area contributed by atoms with Crippen LogP contribution in [0.1, 0.15) is 50.7 Å². The lowest BCUT2D eigenvalue weighted by molar-refractivity contribution is -0.137. The predicted octanol–water partition coefficient (Wildman–Crippen LogP) is 8.09. The first-order valence-corrected chi connectivity index (χ1v) is 14.0. The second-order valence-electron chi connectivity index (χ2n) is 11.3. The quantitative estimate of drug-likeness (QED) is 0.213. The van der Waals surface area contributed by atoms with Gasteiger partial charge >= 0.3 is 12.3 Å². The summed E-state index contributed by atoms with van der Waals surface area (Å²) in [7, 11) is 1.53. The van der Waals surface area contributed by atoms with Crippen LogP contribution in [-0.2, 0) is 10.9 Å². The van der Waals surface area contributed by atoms with E-state index in [1.807, 2.05) is 18.2 Å². The second kappa shape index (κ2) is 13.5. The summed E-state index contributed by atoms with van der Waals surface area (Å²) in [6.07, 6.45) is -2.78. The molecule has 0 atom stereocenters. The number of hydrogen-bond donors (Lipinski definition) is 3. The van der Waals surface area contributed by atoms with Crippen LogP contribution in [0.3, 0.4) is 0 Å². The summed E-state index contributed by atoms with van der Waals surface area (Å²) in [6.45, 7) is 6.91. The fraction of sp³-hybridized carbons (Fsp3) is 0.419. The molecule has 3 aromatic rings. The summed E-state index contributed by atoms with van der Waals surface area (Å²) in [6, 6.07) is 13.3. The van der Waals surface area contributed by atoms with Gasteiger partial charge in [0, 0.05) is 30.2 Å². The number of rotatable bonds is 9. The topological polar surface area (TPSA) is 87.8 Å². The Morgan fingerprint density at radius 1 is 1.00 bits per heavy atom. The summed E-state index contributed by atoms with van der Waals surface area (Å²) >= 11 is 0. The smallest absolute Gasteiger partial charge is 0.419 e. The van der Waals surface area contributed by atoms with Crippen LogP contribution in [-0.4, -0.2) is 55.0 Å². The fourth-order valence-corrected chi connectivity index (χ4v) is 4.92. The van der Waals surface area contributed by atoms with Crippen LogP contribution in [0.5, 0.6) is 5.75 Å². The zero-order valence-electron chi connectivity index (χ0n) is 24.6. The van der Waals surface area contributed by atoms with Crippen molar-refractivity contribution in [1.29, 1.82) is 0 Å². The summed E-state index contributed by atoms with van der Waals surface area (Å²) in [5, 5.41) is 8.47. The number of piperidine rings is 1. The molecule has 1 aliphatic heterocycles. The number of pyridine rings is 1. The first kappa shape index (κ1) is 31.9. The number of likely N-dealkylation sites (tertiary alicyclic amines) is 1. The van der Waals surface area contributed by atoms with Crippen LogP contribution in [0, 0.1) is 0 Å². The highest BCUT2D eigenvalue weighted by molar-refractivity contribution is 5.86. The zero-order valence-corrected chi connectivity index (χ0v) is 24.6. The van der Waals surface area contributed by atoms with E-state index in [2.05, 4.69) is 25.8 Å². The molecule has 1 amide bonds. The van der Waals surface area contributed by atoms with Gasteiger partial charge < -0.3 is 25.0 Å². The van der Waals surface area contributed by atoms with Gasteiger partial charge in [0.1, 0.15) is 23.8 Å². The number of anilines is 5. The van der Waals surface area contributed by atoms with Crippen LogP contribution in [0.25, 0.3) is 0 Å². The third-order valence-electron chi connectivity index (χ3n) is 6.94. The molecule has 4 rings (SSSR count). The molecule has 2 aromatic carbocycles. The van der Waals surface area contributed by atoms with Crippen LogP contribution in [0.2, 0.25) is 0 Å². The molecule has 43 heavy (non-hydrogen) atoms. The number of amides is 1. The standard InChI is InChI=1S/C31H37F4N5O3/c1-30(2,3)43-29(41)38-23-7-5-6-22(17-23)37-26-18-28(36-19-24(26)31(33,34)35)39-25-9-8-21(16-27(25)42-4)20-10-13-40(14-11-20)15-12-32/h5-9,16-20H,10-15H2,1-4H3,(H,38,41)(H2,36,37,39). The zero-order chi connectivity index (χ0) is 31.2. The maximum atomic E-state index is 13.9. The van der Waals surface area contributed by atoms with E-state index < -0.39 is 23.4 Å². The highest BCUT2D eigenvalue weighted by Gasteiger charge is 2.34. The molecule has 8 nitrogen and oxygen atoms in total. The van der Waals surface area contributed by atoms with E-state index in [0.717, 1.165) is 37.7 Å². The molecule has 0 bridgehead atoms. The lowest BCUT2D eigenvalue weighted by Crippen LogP contribution is -2.34. The van der Waals surface area contributed by atoms with E-state index in [-0.39, 0.29) is 18.2 Å². The van der Waals surface area contributed by atoms with Crippen molar-refractivity contribution in [2.45, 2.75) is 51.3 Å². The molecule has 1 aliphatic rings. The van der Waals surface area contributed by atoms with Crippen molar-refractivity contribution in [1.82, 2.24) is 9.88 Å². The molecule has 12 heteroatoms. The SMILES string of the molecule is COc1cc(C2CCN(CCF)CC2)ccc1Nc1cc(Nc2cccc(NC(=O)OC(C)(C)C)c2)c(C(F)(F)F)cn1. The summed E-state index contributed by atoms with van der Waals surface area (Å²) < 4.78 is 65.3. The number of hydrogen-bond acceptors (Lipinski definition) is 7. The number of aromatic nitrogens is 1. The third kappa shape index (κ3) is 8.96. The number of carbonyl (C=O) groups excluding carboxylic acids is 1. The minimum absolute atomic E-state index is 0.170. The highest BCUT2D eigenvalue weighted by atomic mass is 19.4. The van der Waals surface area contributed by atoms with Gasteiger partial charge in [-0.15, -0.1) is 0 Å². The Morgan fingerprint density at radius 3 is 2.37 bits per heavy atom. The van der Waals surface area contributed by atoms with Crippen LogP contribution in [0.4, 0.5) is 50.9 Å². The Hall–Kier alpha value is -4.06. The molecule has 2 heterocycles. The van der Waals surface area contributed by atoms with Gasteiger partial charge in [-0.2, -0.15) is 13.2 Å². The molecule has 0 spiro atoms. The molecule has 0 aliphatic carbocycles. The Labute approximate surface area is 248 Å². The largest absolute Gasteiger partial charge is 0.495 e. The normalized spacial score (nSPS) is 14.7. The van der Waals surface area contributed by atoms with Crippen molar-refractivity contribution in [3.8, 4) is 5.75 Å². The minimum Gasteiger partial charge on any atom is -0.495 e. The van der Waals surface area contributed by atoms with E-state index >= 15 is 0 Å². The Kier molecular flexibility index (Phi) is 10.0. The van der Waals surface area contributed by atoms with Crippen LogP contribution < -0.4 is 20.7 Å². The molecule has 232 valence electrons. The van der Waals surface area contributed by atoms with Gasteiger partial charge in [0.05, 0.1) is 24.0 Å². The molecule has 0 radical (unpaired) electrons. The van der Waals surface area contributed by atoms with Gasteiger partial charge in [-0.05, 0) is 88.5 Å². The van der Waals surface area contributed by atoms with Gasteiger partial charge in [-0.25, -0.2) is 14.2 Å². The number of ether oxygens (including phenoxy) is 2. The van der Waals surface area contributed by atoms with Crippen LogP contribution in [0.15, 0.2) is 54.7 Å². The molecular weight excluding hydrogens is 566 g/mol. The summed E-state index contributed by atoms with van der Waals surface area (Å²) in [5.74, 6) is 1.00. The first-order chi connectivity index (χ1) is 20.3. The molecule has 1 fully saturated rings. The maximum Gasteiger partial charge on any atom is 0.419 e. The highest BCUT2D eigenvalue weighted by Crippen LogP contribution is 2.39. The third-order valence-corrected chi connectivity index (χ3v) is 6.94. The number of alkyl halides is 4. The molecular formula is C31H37F4N5O3. The second-order valence-corrected chi connectivity index (χ2v) is 11.3. The lowest BCUT2D eigenvalue weighted by Gasteiger charge is -2.31. The summed E-state index contributed by atoms with van der Waals surface area (Å²) in [4.78, 5) is 18.3. The lowest BCUT2D eigenvalue weighted by atomic mass is 9.89. The van der Waals surface area contributed by atoms with Gasteiger partial charge in [0.25, 0.3) is 0 Å². The minimum atomic E-state index is -4.67. The van der Waals surface area contributed by atoms with Crippen molar-refractivity contribution < 1.29 is 31.8 Å². The average Bonchev–Trinajstić information content (AvgIpc) is 2.92. The van der Waals surface area contributed by atoms with Crippen molar-refractivity contribution in [3.63, 3.8) is 0 Å². The first-order valence-electron chi connectivity index (χ1n) is 14.0. The van der Waals surface area contributed by atoms with Crippen molar-refractivity contribution in [2.75, 3.05) is 49.4 Å². The summed E-state index contributed by atoms with van der Waals surface area (Å²) in [5.41, 5.74) is 0.404. The number of carbonyl (C=O) groups is 1. The van der Waals surface area contributed by atoms with Gasteiger partial charge in [0.2, 0.25) is 0 Å². The Bertz CT molecular complexity index is 1400. The van der Waals surface area contributed by atoms with Gasteiger partial charge in [-0.1, -0.05) is 12.1 Å². The maximum absolute atomic E-state index is 13.9. The molecule has 0 saturated carbocycles. The molecule has 0 unspecified atom stereocenters. The average molecular weight is 604 g/mol. The number of benzene rings is 2.